The van der Waals surface area contributed by atoms with Gasteiger partial charge in [0, 0.05) is 24.5 Å². The molecule has 1 heterocycles. The lowest BCUT2D eigenvalue weighted by Crippen LogP contribution is -2.37. The standard InChI is InChI=1S/C19H19F3N2O3/c20-19(21,22)16-12-15(6-7-17(16)24-8-10-26-11-9-24)23-18(25)27-13-14-4-2-1-3-5-14/h1-7,12H,8-11,13H2,(H,23,25). The number of hydrogen-bond acceptors (Lipinski definition) is 4. The van der Waals surface area contributed by atoms with Crippen molar-refractivity contribution in [2.75, 3.05) is 36.5 Å². The van der Waals surface area contributed by atoms with E-state index in [9.17, 15) is 18.0 Å². The molecule has 0 radical (unpaired) electrons. The number of carbonyl (C=O) groups excluding carboxylic acids is 1. The number of morpholine rings is 1. The molecule has 3 rings (SSSR count). The molecule has 0 aliphatic carbocycles. The predicted octanol–water partition coefficient (Wildman–Crippen LogP) is 4.29. The average molecular weight is 380 g/mol. The minimum atomic E-state index is -4.54. The zero-order valence-corrected chi connectivity index (χ0v) is 14.5. The summed E-state index contributed by atoms with van der Waals surface area (Å²) in [6.07, 6.45) is -5.36. The molecule has 2 aromatic rings. The van der Waals surface area contributed by atoms with E-state index in [1.165, 1.54) is 12.1 Å². The van der Waals surface area contributed by atoms with Gasteiger partial charge in [0.05, 0.1) is 18.8 Å². The first kappa shape index (κ1) is 19.0. The fraction of sp³-hybridized carbons (Fsp3) is 0.316. The van der Waals surface area contributed by atoms with E-state index in [0.717, 1.165) is 11.6 Å². The minimum absolute atomic E-state index is 0.0254. The van der Waals surface area contributed by atoms with Crippen molar-refractivity contribution in [3.63, 3.8) is 0 Å². The van der Waals surface area contributed by atoms with Gasteiger partial charge in [-0.25, -0.2) is 4.79 Å². The van der Waals surface area contributed by atoms with Crippen molar-refractivity contribution < 1.29 is 27.4 Å². The molecule has 2 aromatic carbocycles. The highest BCUT2D eigenvalue weighted by atomic mass is 19.4. The van der Waals surface area contributed by atoms with Gasteiger partial charge in [-0.15, -0.1) is 0 Å². The fourth-order valence-electron chi connectivity index (χ4n) is 2.80. The molecule has 0 atom stereocenters. The van der Waals surface area contributed by atoms with Gasteiger partial charge in [0.2, 0.25) is 0 Å². The van der Waals surface area contributed by atoms with Crippen LogP contribution < -0.4 is 10.2 Å². The first-order chi connectivity index (χ1) is 12.9. The molecule has 0 saturated carbocycles. The number of benzene rings is 2. The third-order valence-electron chi connectivity index (χ3n) is 4.11. The van der Waals surface area contributed by atoms with Gasteiger partial charge in [0.25, 0.3) is 0 Å². The molecule has 1 fully saturated rings. The molecule has 27 heavy (non-hydrogen) atoms. The van der Waals surface area contributed by atoms with Crippen molar-refractivity contribution in [2.24, 2.45) is 0 Å². The maximum Gasteiger partial charge on any atom is 0.418 e. The van der Waals surface area contributed by atoms with Gasteiger partial charge in [-0.2, -0.15) is 13.2 Å². The largest absolute Gasteiger partial charge is 0.444 e. The van der Waals surface area contributed by atoms with Gasteiger partial charge in [0.15, 0.2) is 0 Å². The van der Waals surface area contributed by atoms with Crippen LogP contribution in [0.2, 0.25) is 0 Å². The summed E-state index contributed by atoms with van der Waals surface area (Å²) in [5.74, 6) is 0. The molecule has 1 saturated heterocycles. The van der Waals surface area contributed by atoms with Crippen LogP contribution in [0.25, 0.3) is 0 Å². The molecule has 1 N–H and O–H groups in total. The van der Waals surface area contributed by atoms with Crippen molar-refractivity contribution in [3.8, 4) is 0 Å². The molecule has 1 amide bonds. The molecular formula is C19H19F3N2O3. The van der Waals surface area contributed by atoms with E-state index >= 15 is 0 Å². The van der Waals surface area contributed by atoms with Crippen molar-refractivity contribution >= 4 is 17.5 Å². The third kappa shape index (κ3) is 5.13. The molecular weight excluding hydrogens is 361 g/mol. The summed E-state index contributed by atoms with van der Waals surface area (Å²) in [7, 11) is 0. The summed E-state index contributed by atoms with van der Waals surface area (Å²) in [5, 5.41) is 2.35. The minimum Gasteiger partial charge on any atom is -0.444 e. The van der Waals surface area contributed by atoms with E-state index in [4.69, 9.17) is 9.47 Å². The lowest BCUT2D eigenvalue weighted by molar-refractivity contribution is -0.137. The van der Waals surface area contributed by atoms with E-state index in [0.29, 0.717) is 26.3 Å². The SMILES string of the molecule is O=C(Nc1ccc(N2CCOCC2)c(C(F)(F)F)c1)OCc1ccccc1. The number of rotatable bonds is 4. The van der Waals surface area contributed by atoms with Crippen molar-refractivity contribution in [2.45, 2.75) is 12.8 Å². The zero-order valence-electron chi connectivity index (χ0n) is 14.5. The van der Waals surface area contributed by atoms with Crippen LogP contribution in [0.3, 0.4) is 0 Å². The Morgan fingerprint density at radius 2 is 1.81 bits per heavy atom. The summed E-state index contributed by atoms with van der Waals surface area (Å²) >= 11 is 0. The van der Waals surface area contributed by atoms with Crippen LogP contribution in [0.1, 0.15) is 11.1 Å². The number of anilines is 2. The summed E-state index contributed by atoms with van der Waals surface area (Å²) < 4.78 is 50.7. The van der Waals surface area contributed by atoms with Crippen LogP contribution in [0.15, 0.2) is 48.5 Å². The van der Waals surface area contributed by atoms with Crippen LogP contribution in [-0.4, -0.2) is 32.4 Å². The van der Waals surface area contributed by atoms with E-state index in [1.807, 2.05) is 6.07 Å². The summed E-state index contributed by atoms with van der Waals surface area (Å²) in [6, 6.07) is 12.7. The molecule has 1 aliphatic heterocycles. The van der Waals surface area contributed by atoms with Crippen molar-refractivity contribution in [1.29, 1.82) is 0 Å². The highest BCUT2D eigenvalue weighted by Gasteiger charge is 2.35. The lowest BCUT2D eigenvalue weighted by Gasteiger charge is -2.31. The van der Waals surface area contributed by atoms with Crippen LogP contribution >= 0.6 is 0 Å². The van der Waals surface area contributed by atoms with Crippen LogP contribution in [0, 0.1) is 0 Å². The molecule has 5 nitrogen and oxygen atoms in total. The van der Waals surface area contributed by atoms with Crippen LogP contribution in [-0.2, 0) is 22.3 Å². The lowest BCUT2D eigenvalue weighted by atomic mass is 10.1. The first-order valence-corrected chi connectivity index (χ1v) is 8.45. The van der Waals surface area contributed by atoms with E-state index in [2.05, 4.69) is 5.32 Å². The molecule has 8 heteroatoms. The molecule has 1 aliphatic rings. The number of alkyl halides is 3. The number of halogens is 3. The van der Waals surface area contributed by atoms with Gasteiger partial charge in [-0.3, -0.25) is 5.32 Å². The number of hydrogen-bond donors (Lipinski definition) is 1. The van der Waals surface area contributed by atoms with Crippen LogP contribution in [0.5, 0.6) is 0 Å². The highest BCUT2D eigenvalue weighted by molar-refractivity contribution is 5.85. The Morgan fingerprint density at radius 1 is 1.11 bits per heavy atom. The maximum atomic E-state index is 13.5. The smallest absolute Gasteiger partial charge is 0.418 e. The molecule has 144 valence electrons. The Morgan fingerprint density at radius 3 is 2.48 bits per heavy atom. The van der Waals surface area contributed by atoms with E-state index < -0.39 is 17.8 Å². The Labute approximate surface area is 154 Å². The first-order valence-electron chi connectivity index (χ1n) is 8.45. The number of carbonyl (C=O) groups is 1. The van der Waals surface area contributed by atoms with Crippen molar-refractivity contribution in [1.82, 2.24) is 0 Å². The summed E-state index contributed by atoms with van der Waals surface area (Å²) in [5.41, 5.74) is 0.0861. The normalized spacial score (nSPS) is 14.7. The van der Waals surface area contributed by atoms with Gasteiger partial charge >= 0.3 is 12.3 Å². The second-order valence-electron chi connectivity index (χ2n) is 6.02. The Bertz CT molecular complexity index is 776. The van der Waals surface area contributed by atoms with E-state index in [-0.39, 0.29) is 18.0 Å². The molecule has 0 unspecified atom stereocenters. The Balaban J connectivity index is 1.71. The number of amides is 1. The molecule has 0 bridgehead atoms. The van der Waals surface area contributed by atoms with Gasteiger partial charge < -0.3 is 14.4 Å². The zero-order chi connectivity index (χ0) is 19.3. The Kier molecular flexibility index (Phi) is 5.85. The average Bonchev–Trinajstić information content (AvgIpc) is 2.67. The summed E-state index contributed by atoms with van der Waals surface area (Å²) in [4.78, 5) is 13.5. The quantitative estimate of drug-likeness (QED) is 0.860. The highest BCUT2D eigenvalue weighted by Crippen LogP contribution is 2.38. The number of nitrogens with one attached hydrogen (secondary N) is 1. The third-order valence-corrected chi connectivity index (χ3v) is 4.11. The Hall–Kier alpha value is -2.74. The van der Waals surface area contributed by atoms with Crippen molar-refractivity contribution in [3.05, 3.63) is 59.7 Å². The monoisotopic (exact) mass is 380 g/mol. The van der Waals surface area contributed by atoms with Crippen LogP contribution in [0.4, 0.5) is 29.3 Å². The second kappa shape index (κ2) is 8.30. The predicted molar refractivity (Wildman–Crippen MR) is 94.7 cm³/mol. The number of nitrogens with zero attached hydrogens (tertiary/aromatic N) is 1. The molecule has 0 spiro atoms. The topological polar surface area (TPSA) is 50.8 Å². The second-order valence-corrected chi connectivity index (χ2v) is 6.02. The van der Waals surface area contributed by atoms with Gasteiger partial charge in [-0.1, -0.05) is 30.3 Å². The summed E-state index contributed by atoms with van der Waals surface area (Å²) in [6.45, 7) is 1.56. The van der Waals surface area contributed by atoms with Gasteiger partial charge in [0.1, 0.15) is 6.61 Å². The molecule has 0 aromatic heterocycles. The fourth-order valence-corrected chi connectivity index (χ4v) is 2.80. The maximum absolute atomic E-state index is 13.5. The van der Waals surface area contributed by atoms with E-state index in [1.54, 1.807) is 29.2 Å². The van der Waals surface area contributed by atoms with Gasteiger partial charge in [-0.05, 0) is 23.8 Å². The number of ether oxygens (including phenoxy) is 2.